The number of carbonyl (C=O) groups is 1. The molecule has 0 spiro atoms. The number of aromatic nitrogens is 1. The normalized spacial score (nSPS) is 12.8. The molecule has 1 saturated carbocycles. The number of phenols is 1. The van der Waals surface area contributed by atoms with Gasteiger partial charge in [-0.3, -0.25) is 5.41 Å². The summed E-state index contributed by atoms with van der Waals surface area (Å²) in [7, 11) is 1.64. The molecule has 8 nitrogen and oxygen atoms in total. The number of ether oxygens (including phenoxy) is 2. The molecular weight excluding hydrogens is 476 g/mol. The maximum Gasteiger partial charge on any atom is 0.340 e. The van der Waals surface area contributed by atoms with Crippen LogP contribution in [0, 0.1) is 5.41 Å². The molecule has 1 aromatic heterocycles. The van der Waals surface area contributed by atoms with Crippen LogP contribution in [0.4, 0.5) is 0 Å². The molecule has 4 rings (SSSR count). The highest BCUT2D eigenvalue weighted by molar-refractivity contribution is 7.98. The minimum absolute atomic E-state index is 0. The second kappa shape index (κ2) is 10.9. The standard InChI is InChI=1S/C24H28N4O4S.ClH/c1-3-32-23(30)22-19(13-33-16-6-4-5-15(11-16)31-2)28(14-7-8-14)18-9-10-20(29)17(21(18)22)12-27-24(25)26;/h4-6,9-11,14,29H,3,7-8,12-13H2,1-2H3,(H4,25,26,27);1H. The Bertz CT molecular complexity index is 1210. The van der Waals surface area contributed by atoms with Gasteiger partial charge in [0.2, 0.25) is 0 Å². The Balaban J connectivity index is 0.00000324. The van der Waals surface area contributed by atoms with Crippen molar-refractivity contribution in [2.75, 3.05) is 13.7 Å². The summed E-state index contributed by atoms with van der Waals surface area (Å²) in [4.78, 5) is 14.2. The van der Waals surface area contributed by atoms with Crippen LogP contribution in [0.3, 0.4) is 0 Å². The minimum Gasteiger partial charge on any atom is -0.508 e. The monoisotopic (exact) mass is 504 g/mol. The molecule has 1 aliphatic rings. The molecule has 2 aromatic carbocycles. The van der Waals surface area contributed by atoms with Crippen LogP contribution in [0.2, 0.25) is 0 Å². The van der Waals surface area contributed by atoms with Gasteiger partial charge in [0.25, 0.3) is 0 Å². The number of rotatable bonds is 9. The lowest BCUT2D eigenvalue weighted by Crippen LogP contribution is -2.29. The van der Waals surface area contributed by atoms with Gasteiger partial charge in [0.15, 0.2) is 5.96 Å². The van der Waals surface area contributed by atoms with E-state index in [1.54, 1.807) is 31.9 Å². The number of hydrogen-bond donors (Lipinski definition) is 4. The summed E-state index contributed by atoms with van der Waals surface area (Å²) in [5, 5.41) is 21.6. The summed E-state index contributed by atoms with van der Waals surface area (Å²) in [6.07, 6.45) is 2.07. The van der Waals surface area contributed by atoms with Gasteiger partial charge in [-0.1, -0.05) is 6.07 Å². The van der Waals surface area contributed by atoms with E-state index < -0.39 is 5.97 Å². The molecule has 10 heteroatoms. The third kappa shape index (κ3) is 5.20. The predicted molar refractivity (Wildman–Crippen MR) is 136 cm³/mol. The molecule has 0 bridgehead atoms. The molecule has 1 heterocycles. The largest absolute Gasteiger partial charge is 0.508 e. The van der Waals surface area contributed by atoms with E-state index in [1.807, 2.05) is 30.3 Å². The summed E-state index contributed by atoms with van der Waals surface area (Å²) in [5.74, 6) is 0.738. The number of nitrogens with one attached hydrogen (secondary N) is 2. The summed E-state index contributed by atoms with van der Waals surface area (Å²) < 4.78 is 13.0. The fraction of sp³-hybridized carbons (Fsp3) is 0.333. The van der Waals surface area contributed by atoms with E-state index in [0.717, 1.165) is 34.7 Å². The van der Waals surface area contributed by atoms with Crippen LogP contribution in [-0.2, 0) is 17.0 Å². The lowest BCUT2D eigenvalue weighted by molar-refractivity contribution is 0.0527. The number of methoxy groups -OCH3 is 1. The van der Waals surface area contributed by atoms with Crippen LogP contribution in [0.1, 0.15) is 47.4 Å². The lowest BCUT2D eigenvalue weighted by atomic mass is 10.0. The number of halogens is 1. The van der Waals surface area contributed by atoms with Crippen LogP contribution in [0.25, 0.3) is 10.9 Å². The highest BCUT2D eigenvalue weighted by Gasteiger charge is 2.33. The maximum atomic E-state index is 13.2. The molecule has 0 amide bonds. The number of guanidine groups is 1. The lowest BCUT2D eigenvalue weighted by Gasteiger charge is -2.11. The number of benzene rings is 2. The zero-order chi connectivity index (χ0) is 23.5. The number of aromatic hydroxyl groups is 1. The highest BCUT2D eigenvalue weighted by Crippen LogP contribution is 2.45. The van der Waals surface area contributed by atoms with Gasteiger partial charge in [-0.05, 0) is 50.1 Å². The summed E-state index contributed by atoms with van der Waals surface area (Å²) in [6.45, 7) is 2.15. The first-order chi connectivity index (χ1) is 15.9. The number of phenolic OH excluding ortho intramolecular Hbond substituents is 1. The van der Waals surface area contributed by atoms with Crippen LogP contribution < -0.4 is 15.8 Å². The van der Waals surface area contributed by atoms with E-state index in [1.165, 1.54) is 0 Å². The number of fused-ring (bicyclic) bond motifs is 1. The Hall–Kier alpha value is -3.04. The first-order valence-corrected chi connectivity index (χ1v) is 11.8. The Morgan fingerprint density at radius 2 is 2.09 bits per heavy atom. The van der Waals surface area contributed by atoms with Crippen molar-refractivity contribution >= 4 is 47.0 Å². The Morgan fingerprint density at radius 1 is 1.32 bits per heavy atom. The number of nitrogens with two attached hydrogens (primary N) is 1. The topological polar surface area (TPSA) is 123 Å². The zero-order valence-electron chi connectivity index (χ0n) is 19.1. The van der Waals surface area contributed by atoms with Gasteiger partial charge in [0.1, 0.15) is 11.5 Å². The highest BCUT2D eigenvalue weighted by atomic mass is 35.5. The summed E-state index contributed by atoms with van der Waals surface area (Å²) in [6, 6.07) is 11.6. The van der Waals surface area contributed by atoms with Crippen molar-refractivity contribution in [2.24, 2.45) is 5.73 Å². The molecule has 5 N–H and O–H groups in total. The first-order valence-electron chi connectivity index (χ1n) is 10.8. The number of hydrogen-bond acceptors (Lipinski definition) is 6. The van der Waals surface area contributed by atoms with Crippen molar-refractivity contribution in [1.82, 2.24) is 9.88 Å². The molecule has 1 aliphatic carbocycles. The Labute approximate surface area is 208 Å². The van der Waals surface area contributed by atoms with Crippen molar-refractivity contribution in [3.63, 3.8) is 0 Å². The number of thioether (sulfide) groups is 1. The average molecular weight is 505 g/mol. The molecule has 0 radical (unpaired) electrons. The quantitative estimate of drug-likeness (QED) is 0.146. The fourth-order valence-electron chi connectivity index (χ4n) is 4.03. The Morgan fingerprint density at radius 3 is 2.74 bits per heavy atom. The summed E-state index contributed by atoms with van der Waals surface area (Å²) >= 11 is 1.61. The number of nitrogens with zero attached hydrogens (tertiary/aromatic N) is 1. The van der Waals surface area contributed by atoms with E-state index in [9.17, 15) is 9.90 Å². The molecule has 1 fully saturated rings. The Kier molecular flexibility index (Phi) is 8.22. The fourth-order valence-corrected chi connectivity index (χ4v) is 5.00. The predicted octanol–water partition coefficient (Wildman–Crippen LogP) is 4.56. The molecule has 34 heavy (non-hydrogen) atoms. The van der Waals surface area contributed by atoms with E-state index in [4.69, 9.17) is 20.6 Å². The zero-order valence-corrected chi connectivity index (χ0v) is 20.7. The molecule has 0 atom stereocenters. The molecular formula is C24H29ClN4O4S. The maximum absolute atomic E-state index is 13.2. The van der Waals surface area contributed by atoms with Gasteiger partial charge < -0.3 is 30.2 Å². The van der Waals surface area contributed by atoms with E-state index in [0.29, 0.717) is 28.3 Å². The molecule has 0 aliphatic heterocycles. The smallest absolute Gasteiger partial charge is 0.340 e. The third-order valence-electron chi connectivity index (χ3n) is 5.62. The van der Waals surface area contributed by atoms with E-state index in [-0.39, 0.29) is 37.3 Å². The molecule has 182 valence electrons. The van der Waals surface area contributed by atoms with Crippen molar-refractivity contribution in [1.29, 1.82) is 5.41 Å². The van der Waals surface area contributed by atoms with Gasteiger partial charge in [-0.2, -0.15) is 0 Å². The summed E-state index contributed by atoms with van der Waals surface area (Å²) in [5.41, 5.74) is 8.22. The third-order valence-corrected chi connectivity index (χ3v) is 6.62. The second-order valence-corrected chi connectivity index (χ2v) is 8.88. The van der Waals surface area contributed by atoms with Gasteiger partial charge >= 0.3 is 5.97 Å². The minimum atomic E-state index is -0.419. The molecule has 3 aromatic rings. The molecule has 0 saturated heterocycles. The average Bonchev–Trinajstić information content (AvgIpc) is 3.58. The van der Waals surface area contributed by atoms with Gasteiger partial charge in [0.05, 0.1) is 24.8 Å². The van der Waals surface area contributed by atoms with Crippen LogP contribution in [-0.4, -0.2) is 35.3 Å². The van der Waals surface area contributed by atoms with Crippen LogP contribution in [0.15, 0.2) is 41.3 Å². The van der Waals surface area contributed by atoms with Crippen LogP contribution in [0.5, 0.6) is 11.5 Å². The number of esters is 1. The van der Waals surface area contributed by atoms with Crippen molar-refractivity contribution in [3.8, 4) is 11.5 Å². The van der Waals surface area contributed by atoms with E-state index in [2.05, 4.69) is 9.88 Å². The van der Waals surface area contributed by atoms with Crippen molar-refractivity contribution in [2.45, 2.75) is 43.0 Å². The first kappa shape index (κ1) is 25.6. The van der Waals surface area contributed by atoms with Crippen molar-refractivity contribution < 1.29 is 19.4 Å². The molecule has 0 unspecified atom stereocenters. The van der Waals surface area contributed by atoms with Gasteiger partial charge in [-0.25, -0.2) is 4.79 Å². The second-order valence-electron chi connectivity index (χ2n) is 7.84. The van der Waals surface area contributed by atoms with Gasteiger partial charge in [0, 0.05) is 39.9 Å². The SMILES string of the molecule is CCOC(=O)c1c(CSc2cccc(OC)c2)n(C2CC2)c2ccc(O)c(CNC(=N)N)c12.Cl. The number of carbonyl (C=O) groups excluding carboxylic acids is 1. The van der Waals surface area contributed by atoms with Crippen molar-refractivity contribution in [3.05, 3.63) is 53.2 Å². The van der Waals surface area contributed by atoms with Gasteiger partial charge in [-0.15, -0.1) is 24.2 Å². The van der Waals surface area contributed by atoms with E-state index >= 15 is 0 Å². The van der Waals surface area contributed by atoms with Crippen LogP contribution >= 0.6 is 24.2 Å².